The van der Waals surface area contributed by atoms with Gasteiger partial charge in [0, 0.05) is 29.4 Å². The minimum Gasteiger partial charge on any atom is -0.294 e. The highest BCUT2D eigenvalue weighted by Gasteiger charge is 2.14. The van der Waals surface area contributed by atoms with Crippen LogP contribution in [0, 0.1) is 17.0 Å². The summed E-state index contributed by atoms with van der Waals surface area (Å²) in [5, 5.41) is 10.7. The minimum absolute atomic E-state index is 0.00926. The highest BCUT2D eigenvalue weighted by Crippen LogP contribution is 2.20. The third-order valence-corrected chi connectivity index (χ3v) is 2.87. The van der Waals surface area contributed by atoms with Crippen LogP contribution in [-0.2, 0) is 0 Å². The number of carbonyl (C=O) groups is 1. The number of hydrogen-bond acceptors (Lipinski definition) is 4. The first-order valence-electron chi connectivity index (χ1n) is 4.83. The molecule has 0 fully saturated rings. The van der Waals surface area contributed by atoms with Crippen molar-refractivity contribution in [3.05, 3.63) is 39.4 Å². The number of aryl methyl sites for hydroxylation is 1. The van der Waals surface area contributed by atoms with Gasteiger partial charge in [-0.1, -0.05) is 12.1 Å². The zero-order valence-corrected chi connectivity index (χ0v) is 10.0. The summed E-state index contributed by atoms with van der Waals surface area (Å²) >= 11 is 1.58. The first kappa shape index (κ1) is 12.7. The quantitative estimate of drug-likeness (QED) is 0.450. The topological polar surface area (TPSA) is 60.2 Å². The van der Waals surface area contributed by atoms with Crippen LogP contribution in [-0.4, -0.2) is 22.7 Å². The second-order valence-corrected chi connectivity index (χ2v) is 4.41. The van der Waals surface area contributed by atoms with E-state index in [0.717, 1.165) is 5.75 Å². The van der Waals surface area contributed by atoms with E-state index >= 15 is 0 Å². The maximum absolute atomic E-state index is 11.7. The summed E-state index contributed by atoms with van der Waals surface area (Å²) in [7, 11) is 0. The van der Waals surface area contributed by atoms with Gasteiger partial charge in [0.1, 0.15) is 0 Å². The molecule has 0 amide bonds. The third-order valence-electron chi connectivity index (χ3n) is 2.26. The van der Waals surface area contributed by atoms with Gasteiger partial charge in [-0.2, -0.15) is 11.8 Å². The Kier molecular flexibility index (Phi) is 4.49. The van der Waals surface area contributed by atoms with E-state index in [0.29, 0.717) is 17.5 Å². The molecule has 0 unspecified atom stereocenters. The molecule has 0 saturated carbocycles. The maximum Gasteiger partial charge on any atom is 0.273 e. The van der Waals surface area contributed by atoms with Crippen LogP contribution in [0.1, 0.15) is 22.3 Å². The van der Waals surface area contributed by atoms with Crippen LogP contribution in [0.15, 0.2) is 18.2 Å². The fourth-order valence-electron chi connectivity index (χ4n) is 1.32. The van der Waals surface area contributed by atoms with Gasteiger partial charge in [-0.25, -0.2) is 0 Å². The molecule has 0 aromatic heterocycles. The molecule has 0 aliphatic rings. The van der Waals surface area contributed by atoms with Gasteiger partial charge in [-0.15, -0.1) is 0 Å². The van der Waals surface area contributed by atoms with Crippen molar-refractivity contribution in [2.45, 2.75) is 13.3 Å². The van der Waals surface area contributed by atoms with Gasteiger partial charge in [0.15, 0.2) is 5.78 Å². The average Bonchev–Trinajstić information content (AvgIpc) is 2.26. The monoisotopic (exact) mass is 239 g/mol. The number of hydrogen-bond donors (Lipinski definition) is 0. The molecule has 16 heavy (non-hydrogen) atoms. The van der Waals surface area contributed by atoms with Crippen LogP contribution in [0.25, 0.3) is 0 Å². The van der Waals surface area contributed by atoms with E-state index in [9.17, 15) is 14.9 Å². The lowest BCUT2D eigenvalue weighted by molar-refractivity contribution is -0.385. The van der Waals surface area contributed by atoms with Crippen molar-refractivity contribution in [3.63, 3.8) is 0 Å². The molecule has 0 N–H and O–H groups in total. The van der Waals surface area contributed by atoms with E-state index < -0.39 is 4.92 Å². The molecule has 0 atom stereocenters. The maximum atomic E-state index is 11.7. The molecular weight excluding hydrogens is 226 g/mol. The standard InChI is InChI=1S/C11H13NO3S/c1-8-3-4-9(7-10(8)12(14)15)11(13)5-6-16-2/h3-4,7H,5-6H2,1-2H3. The van der Waals surface area contributed by atoms with Crippen molar-refractivity contribution in [1.29, 1.82) is 0 Å². The Hall–Kier alpha value is -1.36. The molecule has 0 aliphatic heterocycles. The van der Waals surface area contributed by atoms with Gasteiger partial charge in [0.25, 0.3) is 5.69 Å². The number of rotatable bonds is 5. The average molecular weight is 239 g/mol. The van der Waals surface area contributed by atoms with Gasteiger partial charge < -0.3 is 0 Å². The van der Waals surface area contributed by atoms with Crippen molar-refractivity contribution >= 4 is 23.2 Å². The lowest BCUT2D eigenvalue weighted by Crippen LogP contribution is -2.02. The number of Topliss-reactive ketones (excluding diaryl/α,β-unsaturated/α-hetero) is 1. The minimum atomic E-state index is -0.458. The van der Waals surface area contributed by atoms with Gasteiger partial charge in [0.05, 0.1) is 4.92 Å². The van der Waals surface area contributed by atoms with Crippen LogP contribution in [0.2, 0.25) is 0 Å². The predicted molar refractivity (Wildman–Crippen MR) is 65.2 cm³/mol. The normalized spacial score (nSPS) is 10.1. The van der Waals surface area contributed by atoms with Gasteiger partial charge in [-0.05, 0) is 13.2 Å². The SMILES string of the molecule is CSCCC(=O)c1ccc(C)c([N+](=O)[O-])c1. The summed E-state index contributed by atoms with van der Waals surface area (Å²) in [4.78, 5) is 21.9. The summed E-state index contributed by atoms with van der Waals surface area (Å²) in [5.41, 5.74) is 1.01. The third kappa shape index (κ3) is 3.06. The van der Waals surface area contributed by atoms with E-state index in [1.165, 1.54) is 6.07 Å². The lowest BCUT2D eigenvalue weighted by atomic mass is 10.1. The molecule has 0 spiro atoms. The second-order valence-electron chi connectivity index (χ2n) is 3.42. The van der Waals surface area contributed by atoms with E-state index in [1.807, 2.05) is 6.26 Å². The largest absolute Gasteiger partial charge is 0.294 e. The first-order valence-corrected chi connectivity index (χ1v) is 6.23. The van der Waals surface area contributed by atoms with Crippen molar-refractivity contribution in [2.75, 3.05) is 12.0 Å². The summed E-state index contributed by atoms with van der Waals surface area (Å²) in [6.45, 7) is 1.66. The van der Waals surface area contributed by atoms with Gasteiger partial charge in [0.2, 0.25) is 0 Å². The number of nitro groups is 1. The fourth-order valence-corrected chi connectivity index (χ4v) is 1.71. The Morgan fingerprint density at radius 1 is 1.50 bits per heavy atom. The first-order chi connectivity index (χ1) is 7.56. The van der Waals surface area contributed by atoms with E-state index in [2.05, 4.69) is 0 Å². The van der Waals surface area contributed by atoms with Crippen molar-refractivity contribution in [2.24, 2.45) is 0 Å². The predicted octanol–water partition coefficient (Wildman–Crippen LogP) is 2.84. The summed E-state index contributed by atoms with van der Waals surface area (Å²) in [5.74, 6) is 0.693. The second kappa shape index (κ2) is 5.65. The Morgan fingerprint density at radius 2 is 2.19 bits per heavy atom. The van der Waals surface area contributed by atoms with Crippen LogP contribution in [0.4, 0.5) is 5.69 Å². The molecular formula is C11H13NO3S. The van der Waals surface area contributed by atoms with Gasteiger partial charge in [-0.3, -0.25) is 14.9 Å². The number of ketones is 1. The van der Waals surface area contributed by atoms with Crippen LogP contribution in [0.3, 0.4) is 0 Å². The lowest BCUT2D eigenvalue weighted by Gasteiger charge is -2.02. The van der Waals surface area contributed by atoms with Gasteiger partial charge >= 0.3 is 0 Å². The molecule has 0 heterocycles. The van der Waals surface area contributed by atoms with Crippen molar-refractivity contribution in [3.8, 4) is 0 Å². The highest BCUT2D eigenvalue weighted by molar-refractivity contribution is 7.98. The molecule has 0 aliphatic carbocycles. The molecule has 4 nitrogen and oxygen atoms in total. The van der Waals surface area contributed by atoms with Crippen LogP contribution >= 0.6 is 11.8 Å². The number of nitrogens with zero attached hydrogens (tertiary/aromatic N) is 1. The number of nitro benzene ring substituents is 1. The zero-order chi connectivity index (χ0) is 12.1. The summed E-state index contributed by atoms with van der Waals surface area (Å²) in [6.07, 6.45) is 2.34. The Balaban J connectivity index is 2.94. The fraction of sp³-hybridized carbons (Fsp3) is 0.364. The van der Waals surface area contributed by atoms with E-state index in [4.69, 9.17) is 0 Å². The molecule has 1 aromatic carbocycles. The zero-order valence-electron chi connectivity index (χ0n) is 9.23. The molecule has 1 aromatic rings. The number of carbonyl (C=O) groups excluding carboxylic acids is 1. The summed E-state index contributed by atoms with van der Waals surface area (Å²) < 4.78 is 0. The smallest absolute Gasteiger partial charge is 0.273 e. The molecule has 0 saturated heterocycles. The van der Waals surface area contributed by atoms with Crippen LogP contribution in [0.5, 0.6) is 0 Å². The molecule has 0 bridgehead atoms. The Labute approximate surface area is 98.2 Å². The van der Waals surface area contributed by atoms with E-state index in [1.54, 1.807) is 30.8 Å². The molecule has 86 valence electrons. The number of benzene rings is 1. The molecule has 0 radical (unpaired) electrons. The highest BCUT2D eigenvalue weighted by atomic mass is 32.2. The Morgan fingerprint density at radius 3 is 2.75 bits per heavy atom. The summed E-state index contributed by atoms with van der Waals surface area (Å²) in [6, 6.07) is 4.62. The van der Waals surface area contributed by atoms with Crippen LogP contribution < -0.4 is 0 Å². The Bertz CT molecular complexity index is 418. The molecule has 5 heteroatoms. The van der Waals surface area contributed by atoms with E-state index in [-0.39, 0.29) is 11.5 Å². The van der Waals surface area contributed by atoms with Crippen molar-refractivity contribution < 1.29 is 9.72 Å². The molecule has 1 rings (SSSR count). The van der Waals surface area contributed by atoms with Crippen molar-refractivity contribution in [1.82, 2.24) is 0 Å². The number of thioether (sulfide) groups is 1.